The van der Waals surface area contributed by atoms with E-state index in [0.717, 1.165) is 11.1 Å². The SMILES string of the molecule is Cc1ccc(NC(=O)c2sccc2-c2ccccc2)cc1F. The number of halogens is 1. The van der Waals surface area contributed by atoms with Crippen molar-refractivity contribution in [3.05, 3.63) is 76.2 Å². The first-order chi connectivity index (χ1) is 10.6. The van der Waals surface area contributed by atoms with E-state index in [1.54, 1.807) is 19.1 Å². The van der Waals surface area contributed by atoms with Gasteiger partial charge in [0.2, 0.25) is 0 Å². The summed E-state index contributed by atoms with van der Waals surface area (Å²) in [5.41, 5.74) is 2.89. The molecule has 0 saturated carbocycles. The first kappa shape index (κ1) is 14.5. The fourth-order valence-electron chi connectivity index (χ4n) is 2.19. The number of amides is 1. The molecule has 0 aliphatic rings. The number of thiophene rings is 1. The highest BCUT2D eigenvalue weighted by Crippen LogP contribution is 2.29. The van der Waals surface area contributed by atoms with Crippen LogP contribution in [0.5, 0.6) is 0 Å². The van der Waals surface area contributed by atoms with Crippen LogP contribution < -0.4 is 5.32 Å². The Bertz CT molecular complexity index is 811. The smallest absolute Gasteiger partial charge is 0.266 e. The van der Waals surface area contributed by atoms with E-state index in [4.69, 9.17) is 0 Å². The summed E-state index contributed by atoms with van der Waals surface area (Å²) in [6.45, 7) is 1.69. The molecule has 3 aromatic rings. The van der Waals surface area contributed by atoms with Gasteiger partial charge in [-0.05, 0) is 41.6 Å². The minimum absolute atomic E-state index is 0.225. The summed E-state index contributed by atoms with van der Waals surface area (Å²) in [6.07, 6.45) is 0. The van der Waals surface area contributed by atoms with Gasteiger partial charge in [-0.25, -0.2) is 4.39 Å². The molecule has 0 spiro atoms. The second-order valence-corrected chi connectivity index (χ2v) is 5.86. The fraction of sp³-hybridized carbons (Fsp3) is 0.0556. The second-order valence-electron chi connectivity index (χ2n) is 4.95. The quantitative estimate of drug-likeness (QED) is 0.715. The minimum atomic E-state index is -0.327. The monoisotopic (exact) mass is 311 g/mol. The van der Waals surface area contributed by atoms with Gasteiger partial charge in [0.15, 0.2) is 0 Å². The zero-order valence-electron chi connectivity index (χ0n) is 12.0. The topological polar surface area (TPSA) is 29.1 Å². The predicted octanol–water partition coefficient (Wildman–Crippen LogP) is 5.11. The van der Waals surface area contributed by atoms with Crippen molar-refractivity contribution in [2.75, 3.05) is 5.32 Å². The van der Waals surface area contributed by atoms with Gasteiger partial charge in [-0.2, -0.15) is 0 Å². The lowest BCUT2D eigenvalue weighted by Crippen LogP contribution is -2.11. The zero-order chi connectivity index (χ0) is 15.5. The van der Waals surface area contributed by atoms with Gasteiger partial charge < -0.3 is 5.32 Å². The van der Waals surface area contributed by atoms with Crippen LogP contribution in [0.15, 0.2) is 60.0 Å². The Morgan fingerprint density at radius 3 is 2.59 bits per heavy atom. The number of aryl methyl sites for hydroxylation is 1. The van der Waals surface area contributed by atoms with Gasteiger partial charge in [0, 0.05) is 11.3 Å². The molecule has 0 aliphatic carbocycles. The third kappa shape index (κ3) is 2.92. The van der Waals surface area contributed by atoms with Crippen molar-refractivity contribution in [3.63, 3.8) is 0 Å². The Hall–Kier alpha value is -2.46. The summed E-state index contributed by atoms with van der Waals surface area (Å²) < 4.78 is 13.6. The molecule has 2 nitrogen and oxygen atoms in total. The highest BCUT2D eigenvalue weighted by Gasteiger charge is 2.15. The van der Waals surface area contributed by atoms with Gasteiger partial charge in [-0.3, -0.25) is 4.79 Å². The van der Waals surface area contributed by atoms with E-state index in [0.29, 0.717) is 16.1 Å². The van der Waals surface area contributed by atoms with Crippen LogP contribution in [-0.4, -0.2) is 5.91 Å². The van der Waals surface area contributed by atoms with Gasteiger partial charge >= 0.3 is 0 Å². The molecule has 0 fully saturated rings. The van der Waals surface area contributed by atoms with Gasteiger partial charge in [0.25, 0.3) is 5.91 Å². The number of rotatable bonds is 3. The number of hydrogen-bond donors (Lipinski definition) is 1. The molecule has 1 aromatic heterocycles. The maximum absolute atomic E-state index is 13.6. The molecule has 2 aromatic carbocycles. The van der Waals surface area contributed by atoms with Crippen LogP contribution in [0.25, 0.3) is 11.1 Å². The summed E-state index contributed by atoms with van der Waals surface area (Å²) in [6, 6.07) is 16.3. The van der Waals surface area contributed by atoms with Crippen LogP contribution in [0.3, 0.4) is 0 Å². The number of nitrogens with one attached hydrogen (secondary N) is 1. The molecule has 1 amide bonds. The minimum Gasteiger partial charge on any atom is -0.321 e. The second kappa shape index (κ2) is 6.12. The fourth-order valence-corrected chi connectivity index (χ4v) is 3.00. The van der Waals surface area contributed by atoms with Crippen LogP contribution in [0.2, 0.25) is 0 Å². The molecular weight excluding hydrogens is 297 g/mol. The van der Waals surface area contributed by atoms with Crippen molar-refractivity contribution in [1.29, 1.82) is 0 Å². The Kier molecular flexibility index (Phi) is 4.02. The Balaban J connectivity index is 1.87. The van der Waals surface area contributed by atoms with Crippen LogP contribution in [0, 0.1) is 12.7 Å². The van der Waals surface area contributed by atoms with Gasteiger partial charge in [-0.1, -0.05) is 36.4 Å². The molecule has 22 heavy (non-hydrogen) atoms. The molecule has 1 heterocycles. The summed E-state index contributed by atoms with van der Waals surface area (Å²) in [4.78, 5) is 13.1. The molecule has 3 rings (SSSR count). The lowest BCUT2D eigenvalue weighted by atomic mass is 10.1. The number of hydrogen-bond acceptors (Lipinski definition) is 2. The highest BCUT2D eigenvalue weighted by molar-refractivity contribution is 7.12. The Morgan fingerprint density at radius 1 is 1.09 bits per heavy atom. The highest BCUT2D eigenvalue weighted by atomic mass is 32.1. The molecule has 0 saturated heterocycles. The van der Waals surface area contributed by atoms with E-state index in [2.05, 4.69) is 5.32 Å². The average molecular weight is 311 g/mol. The van der Waals surface area contributed by atoms with Crippen molar-refractivity contribution in [3.8, 4) is 11.1 Å². The third-order valence-electron chi connectivity index (χ3n) is 3.39. The van der Waals surface area contributed by atoms with Crippen LogP contribution >= 0.6 is 11.3 Å². The molecule has 0 bridgehead atoms. The molecule has 0 unspecified atom stereocenters. The van der Waals surface area contributed by atoms with Crippen molar-refractivity contribution in [1.82, 2.24) is 0 Å². The predicted molar refractivity (Wildman–Crippen MR) is 88.8 cm³/mol. The van der Waals surface area contributed by atoms with E-state index in [9.17, 15) is 9.18 Å². The van der Waals surface area contributed by atoms with Crippen molar-refractivity contribution < 1.29 is 9.18 Å². The summed E-state index contributed by atoms with van der Waals surface area (Å²) in [7, 11) is 0. The van der Waals surface area contributed by atoms with E-state index >= 15 is 0 Å². The largest absolute Gasteiger partial charge is 0.321 e. The number of carbonyl (C=O) groups is 1. The lowest BCUT2D eigenvalue weighted by Gasteiger charge is -2.07. The number of anilines is 1. The van der Waals surface area contributed by atoms with Crippen LogP contribution in [0.1, 0.15) is 15.2 Å². The molecule has 0 radical (unpaired) electrons. The molecule has 0 atom stereocenters. The maximum atomic E-state index is 13.6. The first-order valence-corrected chi connectivity index (χ1v) is 7.73. The summed E-state index contributed by atoms with van der Waals surface area (Å²) >= 11 is 1.37. The van der Waals surface area contributed by atoms with Gasteiger partial charge in [0.05, 0.1) is 4.88 Å². The van der Waals surface area contributed by atoms with Crippen LogP contribution in [0.4, 0.5) is 10.1 Å². The normalized spacial score (nSPS) is 10.5. The maximum Gasteiger partial charge on any atom is 0.266 e. The van der Waals surface area contributed by atoms with E-state index in [1.165, 1.54) is 17.4 Å². The van der Waals surface area contributed by atoms with Crippen LogP contribution in [-0.2, 0) is 0 Å². The van der Waals surface area contributed by atoms with Gasteiger partial charge in [-0.15, -0.1) is 11.3 Å². The van der Waals surface area contributed by atoms with E-state index in [1.807, 2.05) is 41.8 Å². The molecule has 1 N–H and O–H groups in total. The van der Waals surface area contributed by atoms with Gasteiger partial charge in [0.1, 0.15) is 5.82 Å². The third-order valence-corrected chi connectivity index (χ3v) is 4.30. The van der Waals surface area contributed by atoms with E-state index in [-0.39, 0.29) is 11.7 Å². The first-order valence-electron chi connectivity index (χ1n) is 6.85. The van der Waals surface area contributed by atoms with Crippen molar-refractivity contribution in [2.45, 2.75) is 6.92 Å². The van der Waals surface area contributed by atoms with E-state index < -0.39 is 0 Å². The number of carbonyl (C=O) groups excluding carboxylic acids is 1. The standard InChI is InChI=1S/C18H14FNOS/c1-12-7-8-14(11-16(12)19)20-18(21)17-15(9-10-22-17)13-5-3-2-4-6-13/h2-11H,1H3,(H,20,21). The molecule has 4 heteroatoms. The molecular formula is C18H14FNOS. The Morgan fingerprint density at radius 2 is 1.86 bits per heavy atom. The Labute approximate surface area is 132 Å². The molecule has 110 valence electrons. The number of benzene rings is 2. The lowest BCUT2D eigenvalue weighted by molar-refractivity contribution is 0.103. The summed E-state index contributed by atoms with van der Waals surface area (Å²) in [5, 5.41) is 4.64. The molecule has 0 aliphatic heterocycles. The van der Waals surface area contributed by atoms with Crippen molar-refractivity contribution >= 4 is 22.9 Å². The van der Waals surface area contributed by atoms with Crippen molar-refractivity contribution in [2.24, 2.45) is 0 Å². The zero-order valence-corrected chi connectivity index (χ0v) is 12.8. The summed E-state index contributed by atoms with van der Waals surface area (Å²) in [5.74, 6) is -0.552. The average Bonchev–Trinajstić information content (AvgIpc) is 3.01.